The number of benzene rings is 1. The quantitative estimate of drug-likeness (QED) is 0.803. The standard InChI is InChI=1S/C12H16BrFN2O3S/c1-3-7(2)11(12(15)17)16-20(18,19)10-5-4-8(14)6-9(10)13/h4-7,11,16H,3H2,1-2H3,(H2,15,17). The third-order valence-corrected chi connectivity index (χ3v) is 5.40. The Morgan fingerprint density at radius 1 is 1.50 bits per heavy atom. The number of primary amides is 1. The van der Waals surface area contributed by atoms with E-state index in [2.05, 4.69) is 20.7 Å². The fraction of sp³-hybridized carbons (Fsp3) is 0.417. The SMILES string of the molecule is CCC(C)C(NS(=O)(=O)c1ccc(F)cc1Br)C(N)=O. The van der Waals surface area contributed by atoms with Crippen LogP contribution in [-0.4, -0.2) is 20.4 Å². The van der Waals surface area contributed by atoms with Gasteiger partial charge in [-0.2, -0.15) is 4.72 Å². The number of carbonyl (C=O) groups excluding carboxylic acids is 1. The highest BCUT2D eigenvalue weighted by atomic mass is 79.9. The molecule has 0 aliphatic rings. The van der Waals surface area contributed by atoms with Crippen molar-refractivity contribution in [3.8, 4) is 0 Å². The Bertz CT molecular complexity index is 607. The summed E-state index contributed by atoms with van der Waals surface area (Å²) in [4.78, 5) is 11.2. The van der Waals surface area contributed by atoms with E-state index in [4.69, 9.17) is 5.73 Å². The van der Waals surface area contributed by atoms with Gasteiger partial charge in [-0.15, -0.1) is 0 Å². The normalized spacial score (nSPS) is 14.8. The van der Waals surface area contributed by atoms with E-state index in [0.717, 1.165) is 18.2 Å². The Morgan fingerprint density at radius 3 is 2.55 bits per heavy atom. The van der Waals surface area contributed by atoms with Gasteiger partial charge in [0.2, 0.25) is 15.9 Å². The zero-order chi connectivity index (χ0) is 15.5. The van der Waals surface area contributed by atoms with Gasteiger partial charge in [-0.25, -0.2) is 12.8 Å². The van der Waals surface area contributed by atoms with Crippen molar-refractivity contribution in [2.75, 3.05) is 0 Å². The molecule has 0 aliphatic carbocycles. The number of nitrogens with one attached hydrogen (secondary N) is 1. The second kappa shape index (κ2) is 6.64. The summed E-state index contributed by atoms with van der Waals surface area (Å²) in [7, 11) is -3.97. The van der Waals surface area contributed by atoms with Crippen LogP contribution in [0.1, 0.15) is 20.3 Å². The van der Waals surface area contributed by atoms with Crippen LogP contribution in [0, 0.1) is 11.7 Å². The molecule has 1 aromatic rings. The number of rotatable bonds is 6. The molecular formula is C12H16BrFN2O3S. The first-order chi connectivity index (χ1) is 9.19. The molecule has 112 valence electrons. The van der Waals surface area contributed by atoms with E-state index in [0.29, 0.717) is 6.42 Å². The summed E-state index contributed by atoms with van der Waals surface area (Å²) in [6.45, 7) is 3.54. The lowest BCUT2D eigenvalue weighted by atomic mass is 10.00. The van der Waals surface area contributed by atoms with Gasteiger partial charge in [0.15, 0.2) is 0 Å². The molecule has 0 radical (unpaired) electrons. The van der Waals surface area contributed by atoms with Gasteiger partial charge in [0.05, 0.1) is 4.90 Å². The van der Waals surface area contributed by atoms with Crippen molar-refractivity contribution in [2.24, 2.45) is 11.7 Å². The monoisotopic (exact) mass is 366 g/mol. The molecule has 20 heavy (non-hydrogen) atoms. The summed E-state index contributed by atoms with van der Waals surface area (Å²) in [6, 6.07) is 2.18. The number of carbonyl (C=O) groups is 1. The van der Waals surface area contributed by atoms with Crippen molar-refractivity contribution in [1.29, 1.82) is 0 Å². The van der Waals surface area contributed by atoms with E-state index in [9.17, 15) is 17.6 Å². The molecule has 5 nitrogen and oxygen atoms in total. The molecule has 1 aromatic carbocycles. The number of halogens is 2. The number of sulfonamides is 1. The van der Waals surface area contributed by atoms with Crippen LogP contribution in [0.3, 0.4) is 0 Å². The largest absolute Gasteiger partial charge is 0.368 e. The fourth-order valence-corrected chi connectivity index (χ4v) is 3.98. The van der Waals surface area contributed by atoms with Gasteiger partial charge in [0, 0.05) is 4.47 Å². The molecule has 0 spiro atoms. The minimum absolute atomic E-state index is 0.0809. The lowest BCUT2D eigenvalue weighted by Crippen LogP contribution is -2.48. The average molecular weight is 367 g/mol. The molecule has 1 amide bonds. The zero-order valence-electron chi connectivity index (χ0n) is 11.1. The van der Waals surface area contributed by atoms with Gasteiger partial charge in [0.25, 0.3) is 0 Å². The van der Waals surface area contributed by atoms with E-state index in [1.807, 2.05) is 6.92 Å². The van der Waals surface area contributed by atoms with Gasteiger partial charge in [-0.05, 0) is 40.0 Å². The van der Waals surface area contributed by atoms with Crippen molar-refractivity contribution in [3.63, 3.8) is 0 Å². The lowest BCUT2D eigenvalue weighted by Gasteiger charge is -2.21. The summed E-state index contributed by atoms with van der Waals surface area (Å²) in [5, 5.41) is 0. The van der Waals surface area contributed by atoms with Crippen LogP contribution in [0.4, 0.5) is 4.39 Å². The Hall–Kier alpha value is -0.990. The molecule has 0 aromatic heterocycles. The number of hydrogen-bond acceptors (Lipinski definition) is 3. The summed E-state index contributed by atoms with van der Waals surface area (Å²) in [5.74, 6) is -1.56. The summed E-state index contributed by atoms with van der Waals surface area (Å²) < 4.78 is 39.8. The lowest BCUT2D eigenvalue weighted by molar-refractivity contribution is -0.120. The maximum atomic E-state index is 13.0. The number of amides is 1. The molecule has 1 rings (SSSR count). The first-order valence-electron chi connectivity index (χ1n) is 5.95. The molecule has 3 N–H and O–H groups in total. The summed E-state index contributed by atoms with van der Waals surface area (Å²) >= 11 is 2.99. The Kier molecular flexibility index (Phi) is 5.67. The van der Waals surface area contributed by atoms with Crippen LogP contribution in [0.2, 0.25) is 0 Å². The van der Waals surface area contributed by atoms with Gasteiger partial charge in [-0.3, -0.25) is 4.79 Å². The molecule has 0 saturated heterocycles. The fourth-order valence-electron chi connectivity index (χ4n) is 1.61. The maximum absolute atomic E-state index is 13.0. The van der Waals surface area contributed by atoms with E-state index >= 15 is 0 Å². The van der Waals surface area contributed by atoms with E-state index in [-0.39, 0.29) is 15.3 Å². The second-order valence-corrected chi connectivity index (χ2v) is 7.00. The predicted octanol–water partition coefficient (Wildman–Crippen LogP) is 1.77. The van der Waals surface area contributed by atoms with E-state index < -0.39 is 27.8 Å². The highest BCUT2D eigenvalue weighted by Crippen LogP contribution is 2.23. The van der Waals surface area contributed by atoms with Gasteiger partial charge < -0.3 is 5.73 Å². The summed E-state index contributed by atoms with van der Waals surface area (Å²) in [5.41, 5.74) is 5.22. The predicted molar refractivity (Wildman–Crippen MR) is 76.9 cm³/mol. The number of hydrogen-bond donors (Lipinski definition) is 2. The topological polar surface area (TPSA) is 89.3 Å². The molecule has 8 heteroatoms. The molecule has 0 aliphatic heterocycles. The smallest absolute Gasteiger partial charge is 0.242 e. The highest BCUT2D eigenvalue weighted by Gasteiger charge is 2.29. The summed E-state index contributed by atoms with van der Waals surface area (Å²) in [6.07, 6.45) is 0.584. The van der Waals surface area contributed by atoms with Crippen molar-refractivity contribution < 1.29 is 17.6 Å². The van der Waals surface area contributed by atoms with E-state index in [1.165, 1.54) is 0 Å². The zero-order valence-corrected chi connectivity index (χ0v) is 13.5. The van der Waals surface area contributed by atoms with Crippen LogP contribution in [0.25, 0.3) is 0 Å². The average Bonchev–Trinajstić information content (AvgIpc) is 2.34. The Balaban J connectivity index is 3.13. The first-order valence-corrected chi connectivity index (χ1v) is 8.23. The Morgan fingerprint density at radius 2 is 2.10 bits per heavy atom. The van der Waals surface area contributed by atoms with Crippen molar-refractivity contribution in [3.05, 3.63) is 28.5 Å². The maximum Gasteiger partial charge on any atom is 0.242 e. The van der Waals surface area contributed by atoms with E-state index in [1.54, 1.807) is 6.92 Å². The van der Waals surface area contributed by atoms with Crippen LogP contribution in [-0.2, 0) is 14.8 Å². The molecule has 0 saturated carbocycles. The minimum atomic E-state index is -3.97. The van der Waals surface area contributed by atoms with Crippen molar-refractivity contribution in [2.45, 2.75) is 31.2 Å². The van der Waals surface area contributed by atoms with Gasteiger partial charge in [-0.1, -0.05) is 20.3 Å². The van der Waals surface area contributed by atoms with Gasteiger partial charge >= 0.3 is 0 Å². The van der Waals surface area contributed by atoms with Crippen LogP contribution in [0.5, 0.6) is 0 Å². The minimum Gasteiger partial charge on any atom is -0.368 e. The third kappa shape index (κ3) is 4.00. The molecule has 0 fully saturated rings. The van der Waals surface area contributed by atoms with Crippen LogP contribution >= 0.6 is 15.9 Å². The van der Waals surface area contributed by atoms with Gasteiger partial charge in [0.1, 0.15) is 11.9 Å². The van der Waals surface area contributed by atoms with Crippen LogP contribution < -0.4 is 10.5 Å². The third-order valence-electron chi connectivity index (χ3n) is 2.99. The number of nitrogens with two attached hydrogens (primary N) is 1. The molecule has 0 bridgehead atoms. The van der Waals surface area contributed by atoms with Crippen molar-refractivity contribution in [1.82, 2.24) is 4.72 Å². The molecular weight excluding hydrogens is 351 g/mol. The molecule has 2 unspecified atom stereocenters. The van der Waals surface area contributed by atoms with Crippen LogP contribution in [0.15, 0.2) is 27.6 Å². The highest BCUT2D eigenvalue weighted by molar-refractivity contribution is 9.10. The Labute approximate surface area is 125 Å². The molecule has 0 heterocycles. The van der Waals surface area contributed by atoms with Crippen molar-refractivity contribution >= 4 is 31.9 Å². The first kappa shape index (κ1) is 17.1. The molecule has 2 atom stereocenters. The second-order valence-electron chi connectivity index (χ2n) is 4.46.